The van der Waals surface area contributed by atoms with Gasteiger partial charge in [-0.25, -0.2) is 0 Å². The molecule has 1 amide bonds. The molecule has 2 N–H and O–H groups in total. The average Bonchev–Trinajstić information content (AvgIpc) is 2.73. The number of para-hydroxylation sites is 1. The molecule has 1 aliphatic rings. The molecule has 142 valence electrons. The number of nitrogens with zero attached hydrogens (tertiary/aromatic N) is 1. The van der Waals surface area contributed by atoms with E-state index in [1.165, 1.54) is 4.90 Å². The Bertz CT molecular complexity index is 661. The van der Waals surface area contributed by atoms with E-state index < -0.39 is 24.6 Å². The highest BCUT2D eigenvalue weighted by atomic mass is 16.5. The van der Waals surface area contributed by atoms with Crippen LogP contribution in [0.15, 0.2) is 24.3 Å². The lowest BCUT2D eigenvalue weighted by Crippen LogP contribution is -2.53. The molecule has 1 aromatic rings. The Morgan fingerprint density at radius 3 is 2.73 bits per heavy atom. The van der Waals surface area contributed by atoms with Crippen LogP contribution in [0.1, 0.15) is 38.7 Å². The number of carboxylic acids is 1. The lowest BCUT2D eigenvalue weighted by Gasteiger charge is -2.27. The molecule has 0 unspecified atom stereocenters. The van der Waals surface area contributed by atoms with Crippen molar-refractivity contribution in [3.63, 3.8) is 0 Å². The summed E-state index contributed by atoms with van der Waals surface area (Å²) in [7, 11) is 0. The lowest BCUT2D eigenvalue weighted by molar-refractivity contribution is -0.146. The van der Waals surface area contributed by atoms with Crippen molar-refractivity contribution in [1.82, 2.24) is 5.32 Å². The minimum atomic E-state index is -1.08. The van der Waals surface area contributed by atoms with Gasteiger partial charge in [0, 0.05) is 5.69 Å². The smallest absolute Gasteiger partial charge is 0.323 e. The molecule has 7 nitrogen and oxygen atoms in total. The molecule has 0 fully saturated rings. The van der Waals surface area contributed by atoms with Crippen molar-refractivity contribution in [3.8, 4) is 0 Å². The molecule has 0 aliphatic carbocycles. The fourth-order valence-corrected chi connectivity index (χ4v) is 3.21. The van der Waals surface area contributed by atoms with Crippen LogP contribution in [-0.4, -0.2) is 48.2 Å². The van der Waals surface area contributed by atoms with Crippen molar-refractivity contribution in [2.24, 2.45) is 0 Å². The molecule has 0 saturated carbocycles. The van der Waals surface area contributed by atoms with Crippen molar-refractivity contribution in [2.75, 3.05) is 18.1 Å². The number of hydrogen-bond acceptors (Lipinski definition) is 5. The Balaban J connectivity index is 2.26. The minimum Gasteiger partial charge on any atom is -0.480 e. The molecule has 1 aliphatic heterocycles. The summed E-state index contributed by atoms with van der Waals surface area (Å²) in [5.41, 5.74) is 1.54. The van der Waals surface area contributed by atoms with Crippen molar-refractivity contribution in [2.45, 2.75) is 51.6 Å². The number of amides is 1. The summed E-state index contributed by atoms with van der Waals surface area (Å²) in [5.74, 6) is -1.79. The van der Waals surface area contributed by atoms with Gasteiger partial charge in [0.2, 0.25) is 5.91 Å². The van der Waals surface area contributed by atoms with Crippen molar-refractivity contribution in [3.05, 3.63) is 29.8 Å². The molecule has 1 aromatic carbocycles. The number of benzene rings is 1. The number of nitrogens with one attached hydrogen (secondary N) is 1. The van der Waals surface area contributed by atoms with Crippen LogP contribution in [0.3, 0.4) is 0 Å². The topological polar surface area (TPSA) is 95.9 Å². The van der Waals surface area contributed by atoms with Gasteiger partial charge in [0.1, 0.15) is 12.6 Å². The summed E-state index contributed by atoms with van der Waals surface area (Å²) in [6, 6.07) is 6.09. The maximum atomic E-state index is 13.0. The summed E-state index contributed by atoms with van der Waals surface area (Å²) in [6.07, 6.45) is 2.42. The summed E-state index contributed by atoms with van der Waals surface area (Å²) < 4.78 is 5.10. The average molecular weight is 362 g/mol. The number of anilines is 1. The van der Waals surface area contributed by atoms with E-state index >= 15 is 0 Å². The number of carbonyl (C=O) groups excluding carboxylic acids is 2. The molecular formula is C19H26N2O5. The van der Waals surface area contributed by atoms with E-state index in [0.29, 0.717) is 24.9 Å². The maximum absolute atomic E-state index is 13.0. The Morgan fingerprint density at radius 1 is 1.35 bits per heavy atom. The van der Waals surface area contributed by atoms with Crippen molar-refractivity contribution in [1.29, 1.82) is 0 Å². The van der Waals surface area contributed by atoms with E-state index in [1.807, 2.05) is 19.1 Å². The number of carboxylic acid groups (broad SMARTS) is 1. The number of hydrogen-bond donors (Lipinski definition) is 2. The van der Waals surface area contributed by atoms with Gasteiger partial charge in [-0.3, -0.25) is 24.6 Å². The Labute approximate surface area is 153 Å². The van der Waals surface area contributed by atoms with E-state index in [4.69, 9.17) is 4.74 Å². The van der Waals surface area contributed by atoms with Crippen LogP contribution in [0.25, 0.3) is 0 Å². The summed E-state index contributed by atoms with van der Waals surface area (Å²) in [6.45, 7) is 3.56. The predicted molar refractivity (Wildman–Crippen MR) is 97.0 cm³/mol. The standard InChI is InChI=1S/C19H26N2O5/c1-3-7-15(19(25)26-4-2)20-14-11-10-13-8-5-6-9-16(13)21(18(14)24)12-17(22)23/h5-6,8-9,14-15,20H,3-4,7,10-12H2,1-2H3,(H,22,23)/t14-,15-/m0/s1. The van der Waals surface area contributed by atoms with Crippen LogP contribution < -0.4 is 10.2 Å². The Hall–Kier alpha value is -2.41. The molecule has 0 bridgehead atoms. The first-order valence-corrected chi connectivity index (χ1v) is 9.01. The summed E-state index contributed by atoms with van der Waals surface area (Å²) in [4.78, 5) is 37.7. The highest BCUT2D eigenvalue weighted by molar-refractivity contribution is 6.02. The third-order valence-electron chi connectivity index (χ3n) is 4.39. The quantitative estimate of drug-likeness (QED) is 0.684. The molecule has 7 heteroatoms. The third-order valence-corrected chi connectivity index (χ3v) is 4.39. The molecule has 26 heavy (non-hydrogen) atoms. The largest absolute Gasteiger partial charge is 0.480 e. The van der Waals surface area contributed by atoms with Gasteiger partial charge >= 0.3 is 11.9 Å². The number of rotatable bonds is 8. The second-order valence-electron chi connectivity index (χ2n) is 6.30. The fraction of sp³-hybridized carbons (Fsp3) is 0.526. The third kappa shape index (κ3) is 4.82. The normalized spacial score (nSPS) is 18.0. The number of ether oxygens (including phenoxy) is 1. The van der Waals surface area contributed by atoms with E-state index in [9.17, 15) is 19.5 Å². The van der Waals surface area contributed by atoms with Gasteiger partial charge in [0.05, 0.1) is 12.6 Å². The summed E-state index contributed by atoms with van der Waals surface area (Å²) in [5, 5.41) is 12.3. The highest BCUT2D eigenvalue weighted by Gasteiger charge is 2.34. The number of aryl methyl sites for hydroxylation is 1. The van der Waals surface area contributed by atoms with Gasteiger partial charge in [-0.15, -0.1) is 0 Å². The van der Waals surface area contributed by atoms with Gasteiger partial charge in [-0.05, 0) is 37.8 Å². The van der Waals surface area contributed by atoms with Crippen LogP contribution in [-0.2, 0) is 25.5 Å². The first-order valence-electron chi connectivity index (χ1n) is 9.01. The van der Waals surface area contributed by atoms with E-state index in [1.54, 1.807) is 19.1 Å². The molecular weight excluding hydrogens is 336 g/mol. The minimum absolute atomic E-state index is 0.274. The van der Waals surface area contributed by atoms with Crippen molar-refractivity contribution < 1.29 is 24.2 Å². The second-order valence-corrected chi connectivity index (χ2v) is 6.30. The first kappa shape index (κ1) is 19.9. The Morgan fingerprint density at radius 2 is 2.08 bits per heavy atom. The van der Waals surface area contributed by atoms with Crippen LogP contribution >= 0.6 is 0 Å². The van der Waals surface area contributed by atoms with Crippen LogP contribution in [0.4, 0.5) is 5.69 Å². The van der Waals surface area contributed by atoms with Gasteiger partial charge in [-0.2, -0.15) is 0 Å². The monoisotopic (exact) mass is 362 g/mol. The molecule has 2 rings (SSSR count). The molecule has 0 radical (unpaired) electrons. The lowest BCUT2D eigenvalue weighted by atomic mass is 10.0. The van der Waals surface area contributed by atoms with Gasteiger partial charge < -0.3 is 9.84 Å². The SMILES string of the molecule is CCC[C@H](N[C@H]1CCc2ccccc2N(CC(=O)O)C1=O)C(=O)OCC. The van der Waals surface area contributed by atoms with E-state index in [-0.39, 0.29) is 18.5 Å². The second kappa shape index (κ2) is 9.33. The number of aliphatic carboxylic acids is 1. The van der Waals surface area contributed by atoms with E-state index in [2.05, 4.69) is 5.32 Å². The first-order chi connectivity index (χ1) is 12.5. The Kier molecular flexibility index (Phi) is 7.15. The number of fused-ring (bicyclic) bond motifs is 1. The highest BCUT2D eigenvalue weighted by Crippen LogP contribution is 2.27. The molecule has 2 atom stereocenters. The molecule has 0 aromatic heterocycles. The summed E-state index contributed by atoms with van der Waals surface area (Å²) >= 11 is 0. The zero-order chi connectivity index (χ0) is 19.1. The fourth-order valence-electron chi connectivity index (χ4n) is 3.21. The molecule has 0 saturated heterocycles. The zero-order valence-corrected chi connectivity index (χ0v) is 15.2. The zero-order valence-electron chi connectivity index (χ0n) is 15.2. The van der Waals surface area contributed by atoms with Gasteiger partial charge in [-0.1, -0.05) is 31.5 Å². The number of esters is 1. The van der Waals surface area contributed by atoms with Gasteiger partial charge in [0.15, 0.2) is 0 Å². The molecule has 0 spiro atoms. The van der Waals surface area contributed by atoms with Crippen LogP contribution in [0.5, 0.6) is 0 Å². The number of carbonyl (C=O) groups is 3. The maximum Gasteiger partial charge on any atom is 0.323 e. The molecule has 1 heterocycles. The van der Waals surface area contributed by atoms with E-state index in [0.717, 1.165) is 12.0 Å². The van der Waals surface area contributed by atoms with Gasteiger partial charge in [0.25, 0.3) is 0 Å². The van der Waals surface area contributed by atoms with Crippen LogP contribution in [0, 0.1) is 0 Å². The van der Waals surface area contributed by atoms with Crippen molar-refractivity contribution >= 4 is 23.5 Å². The van der Waals surface area contributed by atoms with Crippen LogP contribution in [0.2, 0.25) is 0 Å². The predicted octanol–water partition coefficient (Wildman–Crippen LogP) is 1.74.